The quantitative estimate of drug-likeness (QED) is 0.857. The first-order valence-electron chi connectivity index (χ1n) is 5.23. The number of thiophene rings is 1. The molecular weight excluding hydrogens is 238 g/mol. The summed E-state index contributed by atoms with van der Waals surface area (Å²) in [5.74, 6) is -0.338. The topological polar surface area (TPSA) is 62.5 Å². The number of furan rings is 1. The highest BCUT2D eigenvalue weighted by atomic mass is 32.1. The van der Waals surface area contributed by atoms with Crippen molar-refractivity contribution in [3.63, 3.8) is 0 Å². The van der Waals surface area contributed by atoms with Crippen molar-refractivity contribution in [3.8, 4) is 0 Å². The van der Waals surface area contributed by atoms with Gasteiger partial charge in [-0.3, -0.25) is 0 Å². The average Bonchev–Trinajstić information content (AvgIpc) is 2.97. The minimum atomic E-state index is -0.967. The van der Waals surface area contributed by atoms with Gasteiger partial charge in [-0.25, -0.2) is 4.79 Å². The van der Waals surface area contributed by atoms with E-state index in [0.29, 0.717) is 12.3 Å². The number of nitrogens with one attached hydrogen (secondary N) is 1. The van der Waals surface area contributed by atoms with Crippen LogP contribution in [0.2, 0.25) is 0 Å². The van der Waals surface area contributed by atoms with Gasteiger partial charge in [0.15, 0.2) is 0 Å². The fraction of sp³-hybridized carbons (Fsp3) is 0.250. The highest BCUT2D eigenvalue weighted by Gasteiger charge is 2.10. The van der Waals surface area contributed by atoms with Crippen molar-refractivity contribution in [2.24, 2.45) is 0 Å². The molecule has 2 aromatic heterocycles. The van der Waals surface area contributed by atoms with Crippen LogP contribution in [0.4, 0.5) is 0 Å². The maximum absolute atomic E-state index is 10.7. The summed E-state index contributed by atoms with van der Waals surface area (Å²) in [7, 11) is 0. The van der Waals surface area contributed by atoms with Crippen LogP contribution < -0.4 is 5.32 Å². The van der Waals surface area contributed by atoms with E-state index in [-0.39, 0.29) is 11.6 Å². The van der Waals surface area contributed by atoms with Crippen molar-refractivity contribution in [1.29, 1.82) is 0 Å². The fourth-order valence-electron chi connectivity index (χ4n) is 1.48. The molecule has 0 aromatic carbocycles. The van der Waals surface area contributed by atoms with E-state index < -0.39 is 5.97 Å². The maximum atomic E-state index is 10.7. The molecule has 90 valence electrons. The zero-order chi connectivity index (χ0) is 12.3. The Morgan fingerprint density at radius 1 is 1.65 bits per heavy atom. The highest BCUT2D eigenvalue weighted by Crippen LogP contribution is 2.16. The van der Waals surface area contributed by atoms with E-state index in [1.807, 2.05) is 5.38 Å². The van der Waals surface area contributed by atoms with Crippen molar-refractivity contribution >= 4 is 17.3 Å². The van der Waals surface area contributed by atoms with E-state index in [1.54, 1.807) is 11.3 Å². The molecule has 0 aliphatic rings. The predicted molar refractivity (Wildman–Crippen MR) is 65.2 cm³/mol. The first kappa shape index (κ1) is 11.9. The van der Waals surface area contributed by atoms with E-state index in [2.05, 4.69) is 23.7 Å². The van der Waals surface area contributed by atoms with E-state index >= 15 is 0 Å². The van der Waals surface area contributed by atoms with Crippen LogP contribution in [0, 0.1) is 0 Å². The molecule has 2 heterocycles. The molecule has 1 unspecified atom stereocenters. The second-order valence-corrected chi connectivity index (χ2v) is 4.55. The smallest absolute Gasteiger partial charge is 0.338 e. The standard InChI is InChI=1S/C12H13NO3S/c1-8(9-2-3-17-7-9)13-5-11-4-10(6-16-11)12(14)15/h2-4,6-8,13H,5H2,1H3,(H,14,15). The van der Waals surface area contributed by atoms with Gasteiger partial charge in [-0.1, -0.05) is 0 Å². The van der Waals surface area contributed by atoms with Crippen LogP contribution in [0.25, 0.3) is 0 Å². The first-order chi connectivity index (χ1) is 8.16. The summed E-state index contributed by atoms with van der Waals surface area (Å²) in [6, 6.07) is 3.82. The summed E-state index contributed by atoms with van der Waals surface area (Å²) in [5, 5.41) is 16.1. The molecule has 0 radical (unpaired) electrons. The minimum absolute atomic E-state index is 0.185. The van der Waals surface area contributed by atoms with E-state index in [4.69, 9.17) is 9.52 Å². The number of carbonyl (C=O) groups is 1. The third-order valence-corrected chi connectivity index (χ3v) is 3.23. The van der Waals surface area contributed by atoms with Gasteiger partial charge in [-0.2, -0.15) is 11.3 Å². The van der Waals surface area contributed by atoms with Crippen LogP contribution >= 0.6 is 11.3 Å². The lowest BCUT2D eigenvalue weighted by atomic mass is 10.2. The van der Waals surface area contributed by atoms with Crippen LogP contribution in [0.15, 0.2) is 33.6 Å². The Kier molecular flexibility index (Phi) is 3.61. The molecule has 0 bridgehead atoms. The zero-order valence-electron chi connectivity index (χ0n) is 9.34. The Balaban J connectivity index is 1.91. The predicted octanol–water partition coefficient (Wildman–Crippen LogP) is 2.89. The lowest BCUT2D eigenvalue weighted by Crippen LogP contribution is -2.17. The van der Waals surface area contributed by atoms with Gasteiger partial charge < -0.3 is 14.8 Å². The summed E-state index contributed by atoms with van der Waals surface area (Å²) in [6.07, 6.45) is 1.26. The van der Waals surface area contributed by atoms with Crippen molar-refractivity contribution in [2.45, 2.75) is 19.5 Å². The second kappa shape index (κ2) is 5.16. The van der Waals surface area contributed by atoms with Crippen molar-refractivity contribution < 1.29 is 14.3 Å². The van der Waals surface area contributed by atoms with Crippen LogP contribution in [0.1, 0.15) is 34.6 Å². The monoisotopic (exact) mass is 251 g/mol. The summed E-state index contributed by atoms with van der Waals surface area (Å²) in [4.78, 5) is 10.7. The molecular formula is C12H13NO3S. The summed E-state index contributed by atoms with van der Waals surface area (Å²) >= 11 is 1.66. The van der Waals surface area contributed by atoms with Crippen LogP contribution in [0.5, 0.6) is 0 Å². The number of hydrogen-bond acceptors (Lipinski definition) is 4. The zero-order valence-corrected chi connectivity index (χ0v) is 10.2. The van der Waals surface area contributed by atoms with Gasteiger partial charge in [-0.15, -0.1) is 0 Å². The van der Waals surface area contributed by atoms with Crippen molar-refractivity contribution in [3.05, 3.63) is 46.0 Å². The molecule has 2 aromatic rings. The van der Waals surface area contributed by atoms with Crippen LogP contribution in [-0.2, 0) is 6.54 Å². The summed E-state index contributed by atoms with van der Waals surface area (Å²) < 4.78 is 5.15. The Morgan fingerprint density at radius 3 is 3.06 bits per heavy atom. The molecule has 17 heavy (non-hydrogen) atoms. The van der Waals surface area contributed by atoms with Crippen molar-refractivity contribution in [2.75, 3.05) is 0 Å². The fourth-order valence-corrected chi connectivity index (χ4v) is 2.23. The lowest BCUT2D eigenvalue weighted by Gasteiger charge is -2.10. The lowest BCUT2D eigenvalue weighted by molar-refractivity contribution is 0.0696. The van der Waals surface area contributed by atoms with Crippen molar-refractivity contribution in [1.82, 2.24) is 5.32 Å². The molecule has 4 nitrogen and oxygen atoms in total. The molecule has 0 saturated heterocycles. The SMILES string of the molecule is CC(NCc1cc(C(=O)O)co1)c1ccsc1. The van der Waals surface area contributed by atoms with Gasteiger partial charge >= 0.3 is 5.97 Å². The van der Waals surface area contributed by atoms with Crippen LogP contribution in [0.3, 0.4) is 0 Å². The van der Waals surface area contributed by atoms with Gasteiger partial charge in [0.25, 0.3) is 0 Å². The number of carboxylic acids is 1. The molecule has 1 atom stereocenters. The molecule has 0 saturated carbocycles. The van der Waals surface area contributed by atoms with E-state index in [0.717, 1.165) is 0 Å². The maximum Gasteiger partial charge on any atom is 0.338 e. The van der Waals surface area contributed by atoms with Gasteiger partial charge in [-0.05, 0) is 35.4 Å². The van der Waals surface area contributed by atoms with E-state index in [1.165, 1.54) is 17.9 Å². The largest absolute Gasteiger partial charge is 0.478 e. The third-order valence-electron chi connectivity index (χ3n) is 2.53. The molecule has 2 N–H and O–H groups in total. The summed E-state index contributed by atoms with van der Waals surface area (Å²) in [6.45, 7) is 2.58. The normalized spacial score (nSPS) is 12.5. The Labute approximate surface area is 103 Å². The number of hydrogen-bond donors (Lipinski definition) is 2. The molecule has 5 heteroatoms. The average molecular weight is 251 g/mol. The molecule has 0 aliphatic carbocycles. The minimum Gasteiger partial charge on any atom is -0.478 e. The molecule has 0 spiro atoms. The van der Waals surface area contributed by atoms with Gasteiger partial charge in [0.2, 0.25) is 0 Å². The molecule has 2 rings (SSSR count). The van der Waals surface area contributed by atoms with Gasteiger partial charge in [0.05, 0.1) is 12.1 Å². The summed E-state index contributed by atoms with van der Waals surface area (Å²) in [5.41, 5.74) is 1.41. The molecule has 0 amide bonds. The third kappa shape index (κ3) is 2.95. The molecule has 0 aliphatic heterocycles. The Bertz CT molecular complexity index is 490. The second-order valence-electron chi connectivity index (χ2n) is 3.77. The van der Waals surface area contributed by atoms with Gasteiger partial charge in [0.1, 0.15) is 12.0 Å². The Morgan fingerprint density at radius 2 is 2.47 bits per heavy atom. The number of rotatable bonds is 5. The van der Waals surface area contributed by atoms with Crippen LogP contribution in [-0.4, -0.2) is 11.1 Å². The molecule has 0 fully saturated rings. The van der Waals surface area contributed by atoms with E-state index in [9.17, 15) is 4.79 Å². The van der Waals surface area contributed by atoms with Gasteiger partial charge in [0, 0.05) is 6.04 Å². The highest BCUT2D eigenvalue weighted by molar-refractivity contribution is 7.07. The number of aromatic carboxylic acids is 1. The Hall–Kier alpha value is -1.59. The number of carboxylic acid groups (broad SMARTS) is 1. The first-order valence-corrected chi connectivity index (χ1v) is 6.17.